The number of fused-ring (bicyclic) bond motifs is 1. The van der Waals surface area contributed by atoms with Gasteiger partial charge in [-0.3, -0.25) is 9.59 Å². The van der Waals surface area contributed by atoms with E-state index in [-0.39, 0.29) is 5.91 Å². The minimum absolute atomic E-state index is 0.101. The van der Waals surface area contributed by atoms with Gasteiger partial charge >= 0.3 is 0 Å². The van der Waals surface area contributed by atoms with Crippen molar-refractivity contribution in [1.29, 1.82) is 0 Å². The topological polar surface area (TPSA) is 59.1 Å². The largest absolute Gasteiger partial charge is 0.493 e. The van der Waals surface area contributed by atoms with E-state index in [2.05, 4.69) is 4.90 Å². The quantitative estimate of drug-likeness (QED) is 0.747. The lowest BCUT2D eigenvalue weighted by molar-refractivity contribution is -0.125. The summed E-state index contributed by atoms with van der Waals surface area (Å²) in [7, 11) is 5.50. The maximum atomic E-state index is 12.4. The average molecular weight is 306 g/mol. The highest BCUT2D eigenvalue weighted by atomic mass is 16.5. The van der Waals surface area contributed by atoms with Crippen molar-refractivity contribution in [3.63, 3.8) is 0 Å². The molecule has 6 heteroatoms. The Hall–Kier alpha value is -2.08. The predicted molar refractivity (Wildman–Crippen MR) is 84.0 cm³/mol. The number of aldehydes is 1. The highest BCUT2D eigenvalue weighted by Crippen LogP contribution is 2.42. The summed E-state index contributed by atoms with van der Waals surface area (Å²) in [6.45, 7) is 3.17. The molecule has 0 fully saturated rings. The second kappa shape index (κ2) is 6.79. The van der Waals surface area contributed by atoms with E-state index in [1.165, 1.54) is 7.11 Å². The summed E-state index contributed by atoms with van der Waals surface area (Å²) in [6.07, 6.45) is 1.00. The molecule has 0 aromatic heterocycles. The Kier molecular flexibility index (Phi) is 5.03. The lowest BCUT2D eigenvalue weighted by Gasteiger charge is -2.34. The van der Waals surface area contributed by atoms with E-state index in [0.717, 1.165) is 19.3 Å². The maximum absolute atomic E-state index is 12.4. The van der Waals surface area contributed by atoms with Crippen LogP contribution in [0, 0.1) is 0 Å². The molecule has 120 valence electrons. The number of hydrogen-bond acceptors (Lipinski definition) is 5. The molecule has 22 heavy (non-hydrogen) atoms. The normalized spacial score (nSPS) is 17.2. The summed E-state index contributed by atoms with van der Waals surface area (Å²) in [5, 5.41) is 0. The number of anilines is 1. The van der Waals surface area contributed by atoms with E-state index >= 15 is 0 Å². The van der Waals surface area contributed by atoms with Crippen LogP contribution in [-0.2, 0) is 4.79 Å². The van der Waals surface area contributed by atoms with Crippen molar-refractivity contribution < 1.29 is 19.1 Å². The van der Waals surface area contributed by atoms with Crippen LogP contribution in [0.4, 0.5) is 5.69 Å². The molecule has 0 saturated carbocycles. The van der Waals surface area contributed by atoms with Crippen LogP contribution >= 0.6 is 0 Å². The summed E-state index contributed by atoms with van der Waals surface area (Å²) >= 11 is 0. The smallest absolute Gasteiger partial charge is 0.267 e. The molecule has 0 radical (unpaired) electrons. The highest BCUT2D eigenvalue weighted by Gasteiger charge is 2.33. The number of methoxy groups -OCH3 is 1. The molecule has 0 spiro atoms. The minimum atomic E-state index is -0.567. The van der Waals surface area contributed by atoms with Gasteiger partial charge in [0.05, 0.1) is 12.8 Å². The minimum Gasteiger partial charge on any atom is -0.493 e. The molecule has 1 unspecified atom stereocenters. The molecule has 1 aromatic rings. The highest BCUT2D eigenvalue weighted by molar-refractivity contribution is 6.01. The van der Waals surface area contributed by atoms with Crippen molar-refractivity contribution >= 4 is 17.9 Å². The lowest BCUT2D eigenvalue weighted by atomic mass is 10.1. The van der Waals surface area contributed by atoms with Gasteiger partial charge < -0.3 is 19.3 Å². The van der Waals surface area contributed by atoms with Crippen molar-refractivity contribution in [2.24, 2.45) is 0 Å². The summed E-state index contributed by atoms with van der Waals surface area (Å²) in [6, 6.07) is 3.29. The number of nitrogens with zero attached hydrogens (tertiary/aromatic N) is 2. The predicted octanol–water partition coefficient (Wildman–Crippen LogP) is 1.57. The van der Waals surface area contributed by atoms with E-state index in [1.54, 1.807) is 24.0 Å². The van der Waals surface area contributed by atoms with Gasteiger partial charge in [0.1, 0.15) is 6.29 Å². The molecule has 1 heterocycles. The van der Waals surface area contributed by atoms with Gasteiger partial charge in [-0.15, -0.1) is 0 Å². The van der Waals surface area contributed by atoms with Crippen molar-refractivity contribution in [2.75, 3.05) is 39.2 Å². The van der Waals surface area contributed by atoms with Crippen molar-refractivity contribution in [1.82, 2.24) is 4.90 Å². The fraction of sp³-hybridized carbons (Fsp3) is 0.500. The van der Waals surface area contributed by atoms with Crippen LogP contribution in [0.3, 0.4) is 0 Å². The number of ether oxygens (including phenoxy) is 2. The number of carbonyl (C=O) groups is 2. The summed E-state index contributed by atoms with van der Waals surface area (Å²) in [5.74, 6) is 0.887. The Labute approximate surface area is 130 Å². The van der Waals surface area contributed by atoms with E-state index in [9.17, 15) is 9.59 Å². The molecule has 1 aliphatic rings. The summed E-state index contributed by atoms with van der Waals surface area (Å²) in [5.41, 5.74) is 1.06. The first kappa shape index (κ1) is 16.3. The Morgan fingerprint density at radius 1 is 1.41 bits per heavy atom. The molecule has 0 bridgehead atoms. The maximum Gasteiger partial charge on any atom is 0.267 e. The SMILES string of the molecule is COc1cc(C=O)cc2c1OC(C)C(=O)N2CCCN(C)C. The van der Waals surface area contributed by atoms with E-state index < -0.39 is 6.10 Å². The fourth-order valence-electron chi connectivity index (χ4n) is 2.49. The van der Waals surface area contributed by atoms with Gasteiger partial charge in [-0.1, -0.05) is 0 Å². The molecule has 6 nitrogen and oxygen atoms in total. The van der Waals surface area contributed by atoms with Crippen LogP contribution < -0.4 is 14.4 Å². The van der Waals surface area contributed by atoms with Crippen molar-refractivity contribution in [3.8, 4) is 11.5 Å². The number of rotatable bonds is 6. The zero-order chi connectivity index (χ0) is 16.3. The molecular weight excluding hydrogens is 284 g/mol. The Balaban J connectivity index is 2.38. The van der Waals surface area contributed by atoms with Gasteiger partial charge in [0.15, 0.2) is 17.6 Å². The van der Waals surface area contributed by atoms with Gasteiger partial charge in [-0.2, -0.15) is 0 Å². The summed E-state index contributed by atoms with van der Waals surface area (Å²) < 4.78 is 11.0. The molecule has 1 aliphatic heterocycles. The van der Waals surface area contributed by atoms with Gasteiger partial charge in [0.2, 0.25) is 0 Å². The van der Waals surface area contributed by atoms with E-state index in [0.29, 0.717) is 29.3 Å². The molecule has 0 N–H and O–H groups in total. The van der Waals surface area contributed by atoms with Gasteiger partial charge in [-0.05, 0) is 46.1 Å². The Morgan fingerprint density at radius 3 is 2.73 bits per heavy atom. The Morgan fingerprint density at radius 2 is 2.14 bits per heavy atom. The molecular formula is C16H22N2O4. The van der Waals surface area contributed by atoms with Crippen LogP contribution in [-0.4, -0.2) is 57.5 Å². The molecule has 1 amide bonds. The molecule has 0 aliphatic carbocycles. The van der Waals surface area contributed by atoms with Gasteiger partial charge in [0.25, 0.3) is 5.91 Å². The van der Waals surface area contributed by atoms with Crippen LogP contribution in [0.1, 0.15) is 23.7 Å². The zero-order valence-corrected chi connectivity index (χ0v) is 13.5. The van der Waals surface area contributed by atoms with Crippen LogP contribution in [0.5, 0.6) is 11.5 Å². The Bertz CT molecular complexity index is 572. The first-order chi connectivity index (χ1) is 10.5. The molecule has 2 rings (SSSR count). The average Bonchev–Trinajstić information content (AvgIpc) is 2.50. The molecule has 1 aromatic carbocycles. The summed E-state index contributed by atoms with van der Waals surface area (Å²) in [4.78, 5) is 27.3. The third kappa shape index (κ3) is 3.22. The first-order valence-electron chi connectivity index (χ1n) is 7.28. The van der Waals surface area contributed by atoms with Crippen molar-refractivity contribution in [2.45, 2.75) is 19.4 Å². The number of carbonyl (C=O) groups excluding carboxylic acids is 2. The van der Waals surface area contributed by atoms with Gasteiger partial charge in [0, 0.05) is 12.1 Å². The fourth-order valence-corrected chi connectivity index (χ4v) is 2.49. The first-order valence-corrected chi connectivity index (χ1v) is 7.28. The third-order valence-corrected chi connectivity index (χ3v) is 3.60. The van der Waals surface area contributed by atoms with Gasteiger partial charge in [-0.25, -0.2) is 0 Å². The lowest BCUT2D eigenvalue weighted by Crippen LogP contribution is -2.45. The molecule has 1 atom stereocenters. The van der Waals surface area contributed by atoms with Crippen LogP contribution in [0.2, 0.25) is 0 Å². The third-order valence-electron chi connectivity index (χ3n) is 3.60. The van der Waals surface area contributed by atoms with Crippen LogP contribution in [0.15, 0.2) is 12.1 Å². The zero-order valence-electron chi connectivity index (χ0n) is 13.5. The monoisotopic (exact) mass is 306 g/mol. The standard InChI is InChI=1S/C16H22N2O4/c1-11-16(20)18(7-5-6-17(2)3)13-8-12(10-19)9-14(21-4)15(13)22-11/h8-11H,5-7H2,1-4H3. The second-order valence-corrected chi connectivity index (χ2v) is 5.60. The van der Waals surface area contributed by atoms with Crippen molar-refractivity contribution in [3.05, 3.63) is 17.7 Å². The second-order valence-electron chi connectivity index (χ2n) is 5.60. The van der Waals surface area contributed by atoms with Crippen LogP contribution in [0.25, 0.3) is 0 Å². The number of benzene rings is 1. The molecule has 0 saturated heterocycles. The van der Waals surface area contributed by atoms with E-state index in [4.69, 9.17) is 9.47 Å². The number of hydrogen-bond donors (Lipinski definition) is 0. The number of amides is 1. The van der Waals surface area contributed by atoms with E-state index in [1.807, 2.05) is 14.1 Å².